The van der Waals surface area contributed by atoms with E-state index in [9.17, 15) is 9.59 Å². The summed E-state index contributed by atoms with van der Waals surface area (Å²) in [6.45, 7) is 3.59. The van der Waals surface area contributed by atoms with Gasteiger partial charge in [-0.3, -0.25) is 24.5 Å². The number of aromatic nitrogens is 2. The molecule has 1 aliphatic carbocycles. The van der Waals surface area contributed by atoms with Crippen LogP contribution in [0.25, 0.3) is 10.9 Å². The average Bonchev–Trinajstić information content (AvgIpc) is 3.46. The molecule has 2 amide bonds. The van der Waals surface area contributed by atoms with Crippen LogP contribution in [0.5, 0.6) is 0 Å². The van der Waals surface area contributed by atoms with Crippen molar-refractivity contribution in [3.05, 3.63) is 35.9 Å². The van der Waals surface area contributed by atoms with Gasteiger partial charge in [-0.1, -0.05) is 30.2 Å². The number of hydrogen-bond acceptors (Lipinski definition) is 4. The number of benzene rings is 1. The molecule has 0 saturated carbocycles. The van der Waals surface area contributed by atoms with Gasteiger partial charge in [0, 0.05) is 37.5 Å². The molecule has 178 valence electrons. The van der Waals surface area contributed by atoms with Crippen molar-refractivity contribution in [1.29, 1.82) is 0 Å². The van der Waals surface area contributed by atoms with E-state index in [1.807, 2.05) is 24.3 Å². The second-order valence-electron chi connectivity index (χ2n) is 11.0. The Labute approximate surface area is 200 Å². The number of carbonyl (C=O) groups is 2. The third kappa shape index (κ3) is 3.16. The number of nitrogens with zero attached hydrogens (tertiary/aromatic N) is 4. The lowest BCUT2D eigenvalue weighted by Crippen LogP contribution is -2.60. The number of rotatable bonds is 2. The minimum absolute atomic E-state index is 0.000844. The molecular formula is C27H33N5O2. The van der Waals surface area contributed by atoms with Gasteiger partial charge in [0.1, 0.15) is 0 Å². The van der Waals surface area contributed by atoms with E-state index in [-0.39, 0.29) is 30.2 Å². The second-order valence-corrected chi connectivity index (χ2v) is 11.0. The predicted molar refractivity (Wildman–Crippen MR) is 130 cm³/mol. The molecule has 2 aromatic rings. The number of hydrogen-bond donors (Lipinski definition) is 1. The molecule has 5 heterocycles. The summed E-state index contributed by atoms with van der Waals surface area (Å²) in [6.07, 6.45) is 10.2. The summed E-state index contributed by atoms with van der Waals surface area (Å²) >= 11 is 0. The van der Waals surface area contributed by atoms with Crippen molar-refractivity contribution < 1.29 is 9.59 Å². The molecule has 0 spiro atoms. The van der Waals surface area contributed by atoms with Crippen molar-refractivity contribution in [2.75, 3.05) is 31.1 Å². The Kier molecular flexibility index (Phi) is 4.83. The fourth-order valence-corrected chi connectivity index (χ4v) is 7.69. The summed E-state index contributed by atoms with van der Waals surface area (Å²) in [5.41, 5.74) is 2.42. The van der Waals surface area contributed by atoms with Crippen LogP contribution in [0.1, 0.15) is 44.9 Å². The molecule has 2 bridgehead atoms. The first-order valence-corrected chi connectivity index (χ1v) is 13.2. The number of nitrogens with one attached hydrogen (secondary N) is 1. The molecule has 5 atom stereocenters. The lowest BCUT2D eigenvalue weighted by molar-refractivity contribution is -0.140. The van der Waals surface area contributed by atoms with Gasteiger partial charge in [0.25, 0.3) is 0 Å². The molecule has 7 rings (SSSR count). The highest BCUT2D eigenvalue weighted by Crippen LogP contribution is 2.45. The third-order valence-electron chi connectivity index (χ3n) is 9.12. The smallest absolute Gasteiger partial charge is 0.229 e. The van der Waals surface area contributed by atoms with Gasteiger partial charge in [-0.05, 0) is 62.6 Å². The van der Waals surface area contributed by atoms with Crippen LogP contribution in [-0.2, 0) is 9.59 Å². The minimum Gasteiger partial charge on any atom is -0.335 e. The quantitative estimate of drug-likeness (QED) is 0.700. The van der Waals surface area contributed by atoms with Crippen LogP contribution in [0.4, 0.5) is 5.82 Å². The molecule has 4 aliphatic heterocycles. The van der Waals surface area contributed by atoms with Gasteiger partial charge in [-0.25, -0.2) is 0 Å². The van der Waals surface area contributed by atoms with Crippen LogP contribution in [0.15, 0.2) is 35.9 Å². The Balaban J connectivity index is 1.14. The molecule has 1 aromatic carbocycles. The summed E-state index contributed by atoms with van der Waals surface area (Å²) in [7, 11) is 0. The molecule has 1 N–H and O–H groups in total. The Morgan fingerprint density at radius 3 is 2.94 bits per heavy atom. The van der Waals surface area contributed by atoms with Crippen LogP contribution in [-0.4, -0.2) is 70.1 Å². The largest absolute Gasteiger partial charge is 0.335 e. The van der Waals surface area contributed by atoms with E-state index in [1.165, 1.54) is 37.8 Å². The molecule has 1 aromatic heterocycles. The molecule has 7 nitrogen and oxygen atoms in total. The fourth-order valence-electron chi connectivity index (χ4n) is 7.69. The number of amides is 2. The molecule has 0 unspecified atom stereocenters. The zero-order valence-corrected chi connectivity index (χ0v) is 19.7. The van der Waals surface area contributed by atoms with Gasteiger partial charge < -0.3 is 4.90 Å². The lowest BCUT2D eigenvalue weighted by Gasteiger charge is -2.55. The predicted octanol–water partition coefficient (Wildman–Crippen LogP) is 3.34. The number of anilines is 1. The Bertz CT molecular complexity index is 1170. The monoisotopic (exact) mass is 459 g/mol. The Morgan fingerprint density at radius 2 is 2.00 bits per heavy atom. The number of piperidine rings is 3. The van der Waals surface area contributed by atoms with Gasteiger partial charge >= 0.3 is 0 Å². The Morgan fingerprint density at radius 1 is 1.09 bits per heavy atom. The topological polar surface area (TPSA) is 72.5 Å². The molecule has 0 radical (unpaired) electrons. The maximum atomic E-state index is 13.9. The zero-order chi connectivity index (χ0) is 22.8. The molecule has 7 heteroatoms. The molecule has 5 aliphatic rings. The van der Waals surface area contributed by atoms with Gasteiger partial charge in [0.15, 0.2) is 5.82 Å². The van der Waals surface area contributed by atoms with Crippen LogP contribution in [0.3, 0.4) is 0 Å². The van der Waals surface area contributed by atoms with Crippen LogP contribution in [0, 0.1) is 17.8 Å². The highest BCUT2D eigenvalue weighted by Gasteiger charge is 2.48. The van der Waals surface area contributed by atoms with Crippen molar-refractivity contribution >= 4 is 28.5 Å². The van der Waals surface area contributed by atoms with Crippen LogP contribution in [0.2, 0.25) is 0 Å². The summed E-state index contributed by atoms with van der Waals surface area (Å²) in [5, 5.41) is 8.38. The van der Waals surface area contributed by atoms with Gasteiger partial charge in [0.2, 0.25) is 11.8 Å². The SMILES string of the molecule is O=C1C[C@H](C(=O)N2CCCC3=C[C@H]4C[C@H](CN5CCCC[C@H]45)[C@@H]32)CN1c1n[nH]c2ccccc12. The van der Waals surface area contributed by atoms with Crippen molar-refractivity contribution in [3.8, 4) is 0 Å². The highest BCUT2D eigenvalue weighted by atomic mass is 16.2. The number of H-pyrrole nitrogens is 1. The second kappa shape index (κ2) is 7.94. The molecular weight excluding hydrogens is 426 g/mol. The van der Waals surface area contributed by atoms with E-state index in [0.29, 0.717) is 30.2 Å². The standard InChI is InChI=1S/C27H33N5O2/c33-24-14-20(16-32(24)26-21-7-1-2-8-22(21)28-29-26)27(34)31-11-5-6-17-12-18-13-19(25(17)31)15-30-10-4-3-9-23(18)30/h1-2,7-8,12,18-20,23,25H,3-6,9-11,13-16H2,(H,28,29)/t18-,19+,20-,23+,25+/m0/s1. The summed E-state index contributed by atoms with van der Waals surface area (Å²) in [4.78, 5) is 33.5. The highest BCUT2D eigenvalue weighted by molar-refractivity contribution is 6.05. The maximum Gasteiger partial charge on any atom is 0.229 e. The van der Waals surface area contributed by atoms with E-state index in [4.69, 9.17) is 0 Å². The number of likely N-dealkylation sites (tertiary alicyclic amines) is 1. The van der Waals surface area contributed by atoms with E-state index >= 15 is 0 Å². The van der Waals surface area contributed by atoms with E-state index < -0.39 is 0 Å². The van der Waals surface area contributed by atoms with Gasteiger partial charge in [0.05, 0.1) is 17.5 Å². The summed E-state index contributed by atoms with van der Waals surface area (Å²) < 4.78 is 0. The normalized spacial score (nSPS) is 33.6. The third-order valence-corrected chi connectivity index (χ3v) is 9.12. The number of para-hydroxylation sites is 1. The van der Waals surface area contributed by atoms with Crippen LogP contribution >= 0.6 is 0 Å². The maximum absolute atomic E-state index is 13.9. The number of aromatic amines is 1. The minimum atomic E-state index is -0.286. The average molecular weight is 460 g/mol. The summed E-state index contributed by atoms with van der Waals surface area (Å²) in [5.74, 6) is 1.74. The number of carbonyl (C=O) groups excluding carboxylic acids is 2. The van der Waals surface area contributed by atoms with Gasteiger partial charge in [-0.15, -0.1) is 0 Å². The number of fused-ring (bicyclic) bond motifs is 7. The lowest BCUT2D eigenvalue weighted by atomic mass is 9.68. The van der Waals surface area contributed by atoms with Crippen molar-refractivity contribution in [1.82, 2.24) is 20.0 Å². The zero-order valence-electron chi connectivity index (χ0n) is 19.7. The first-order chi connectivity index (χ1) is 16.7. The van der Waals surface area contributed by atoms with Gasteiger partial charge in [-0.2, -0.15) is 5.10 Å². The first kappa shape index (κ1) is 20.7. The first-order valence-electron chi connectivity index (χ1n) is 13.2. The summed E-state index contributed by atoms with van der Waals surface area (Å²) in [6, 6.07) is 8.80. The van der Waals surface area contributed by atoms with Crippen molar-refractivity contribution in [3.63, 3.8) is 0 Å². The molecule has 4 saturated heterocycles. The van der Waals surface area contributed by atoms with Crippen molar-refractivity contribution in [2.45, 2.75) is 57.0 Å². The fraction of sp³-hybridized carbons (Fsp3) is 0.593. The van der Waals surface area contributed by atoms with E-state index in [0.717, 1.165) is 36.8 Å². The van der Waals surface area contributed by atoms with E-state index in [2.05, 4.69) is 26.1 Å². The van der Waals surface area contributed by atoms with E-state index in [1.54, 1.807) is 4.90 Å². The van der Waals surface area contributed by atoms with Crippen molar-refractivity contribution in [2.24, 2.45) is 17.8 Å². The Hall–Kier alpha value is -2.67. The molecule has 4 fully saturated rings. The van der Waals surface area contributed by atoms with Crippen LogP contribution < -0.4 is 4.90 Å². The molecule has 34 heavy (non-hydrogen) atoms.